The van der Waals surface area contributed by atoms with Gasteiger partial charge in [-0.15, -0.1) is 0 Å². The molecule has 0 radical (unpaired) electrons. The van der Waals surface area contributed by atoms with Crippen LogP contribution in [0.4, 0.5) is 0 Å². The Bertz CT molecular complexity index is 1220. The van der Waals surface area contributed by atoms with Crippen LogP contribution in [0.15, 0.2) is 71.5 Å². The Kier molecular flexibility index (Phi) is 5.49. The molecule has 29 heavy (non-hydrogen) atoms. The molecule has 1 heterocycles. The summed E-state index contributed by atoms with van der Waals surface area (Å²) in [6.07, 6.45) is 0. The molecule has 146 valence electrons. The van der Waals surface area contributed by atoms with Gasteiger partial charge in [0.2, 0.25) is 0 Å². The Hall–Kier alpha value is -3.31. The summed E-state index contributed by atoms with van der Waals surface area (Å²) in [6.45, 7) is 2.76. The maximum absolute atomic E-state index is 12.4. The Morgan fingerprint density at radius 3 is 2.66 bits per heavy atom. The van der Waals surface area contributed by atoms with Gasteiger partial charge in [-0.05, 0) is 55.0 Å². The molecule has 5 nitrogen and oxygen atoms in total. The van der Waals surface area contributed by atoms with Crippen molar-refractivity contribution in [2.75, 3.05) is 6.61 Å². The fraction of sp³-hybridized carbons (Fsp3) is 0.130. The summed E-state index contributed by atoms with van der Waals surface area (Å²) in [4.78, 5) is 19.8. The van der Waals surface area contributed by atoms with Gasteiger partial charge in [-0.1, -0.05) is 35.9 Å². The minimum absolute atomic E-state index is 0.176. The molecule has 0 atom stereocenters. The molecule has 1 aromatic heterocycles. The zero-order valence-corrected chi connectivity index (χ0v) is 16.6. The average molecular weight is 407 g/mol. The topological polar surface area (TPSA) is 64.2 Å². The molecule has 0 aliphatic heterocycles. The zero-order chi connectivity index (χ0) is 20.2. The number of halogens is 1. The normalized spacial score (nSPS) is 10.8. The van der Waals surface area contributed by atoms with Crippen LogP contribution < -0.4 is 15.0 Å². The number of ether oxygens (including phenoxy) is 2. The van der Waals surface area contributed by atoms with Crippen LogP contribution in [0.2, 0.25) is 5.02 Å². The number of aromatic amines is 1. The molecule has 4 aromatic rings. The largest absolute Gasteiger partial charge is 0.490 e. The first-order valence-corrected chi connectivity index (χ1v) is 9.65. The Morgan fingerprint density at radius 1 is 0.966 bits per heavy atom. The number of benzene rings is 3. The summed E-state index contributed by atoms with van der Waals surface area (Å²) in [6, 6.07) is 20.3. The van der Waals surface area contributed by atoms with Gasteiger partial charge in [0.05, 0.1) is 17.5 Å². The second-order valence-corrected chi connectivity index (χ2v) is 6.88. The predicted octanol–water partition coefficient (Wildman–Crippen LogP) is 5.22. The molecule has 0 unspecified atom stereocenters. The molecule has 0 saturated carbocycles. The minimum Gasteiger partial charge on any atom is -0.490 e. The van der Waals surface area contributed by atoms with E-state index in [-0.39, 0.29) is 5.56 Å². The molecule has 0 amide bonds. The predicted molar refractivity (Wildman–Crippen MR) is 115 cm³/mol. The average Bonchev–Trinajstić information content (AvgIpc) is 2.73. The number of aromatic nitrogens is 2. The summed E-state index contributed by atoms with van der Waals surface area (Å²) in [5.74, 6) is 1.68. The Morgan fingerprint density at radius 2 is 1.83 bits per heavy atom. The highest BCUT2D eigenvalue weighted by Crippen LogP contribution is 2.32. The van der Waals surface area contributed by atoms with E-state index in [1.54, 1.807) is 6.07 Å². The van der Waals surface area contributed by atoms with Crippen molar-refractivity contribution in [3.05, 3.63) is 87.7 Å². The molecular formula is C23H19ClN2O3. The van der Waals surface area contributed by atoms with Crippen LogP contribution >= 0.6 is 11.6 Å². The van der Waals surface area contributed by atoms with Gasteiger partial charge in [0, 0.05) is 10.6 Å². The van der Waals surface area contributed by atoms with Crippen molar-refractivity contribution in [3.8, 4) is 22.9 Å². The molecule has 3 aromatic carbocycles. The van der Waals surface area contributed by atoms with Crippen molar-refractivity contribution in [3.63, 3.8) is 0 Å². The third-order valence-corrected chi connectivity index (χ3v) is 4.65. The van der Waals surface area contributed by atoms with E-state index in [1.165, 1.54) is 0 Å². The van der Waals surface area contributed by atoms with Crippen molar-refractivity contribution in [2.24, 2.45) is 0 Å². The van der Waals surface area contributed by atoms with E-state index >= 15 is 0 Å². The van der Waals surface area contributed by atoms with E-state index in [1.807, 2.05) is 67.6 Å². The lowest BCUT2D eigenvalue weighted by atomic mass is 10.1. The summed E-state index contributed by atoms with van der Waals surface area (Å²) in [7, 11) is 0. The van der Waals surface area contributed by atoms with Crippen LogP contribution in [0.5, 0.6) is 11.5 Å². The first kappa shape index (κ1) is 19.0. The summed E-state index contributed by atoms with van der Waals surface area (Å²) >= 11 is 6.03. The second kappa shape index (κ2) is 8.37. The third kappa shape index (κ3) is 4.25. The van der Waals surface area contributed by atoms with Crippen molar-refractivity contribution in [1.29, 1.82) is 0 Å². The standard InChI is InChI=1S/C23H19ClN2O3/c1-2-28-21-13-16(22-25-19-9-4-3-8-18(19)23(27)26-22)10-11-20(21)29-14-15-6-5-7-17(24)12-15/h3-13H,2,14H2,1H3,(H,25,26,27). The summed E-state index contributed by atoms with van der Waals surface area (Å²) in [5, 5.41) is 1.22. The molecule has 0 aliphatic carbocycles. The number of rotatable bonds is 6. The number of hydrogen-bond donors (Lipinski definition) is 1. The van der Waals surface area contributed by atoms with Crippen LogP contribution in [-0.2, 0) is 6.61 Å². The summed E-state index contributed by atoms with van der Waals surface area (Å²) in [5.41, 5.74) is 2.17. The van der Waals surface area contributed by atoms with E-state index in [0.29, 0.717) is 46.5 Å². The van der Waals surface area contributed by atoms with Crippen LogP contribution in [0.3, 0.4) is 0 Å². The van der Waals surface area contributed by atoms with E-state index in [0.717, 1.165) is 11.1 Å². The molecular weight excluding hydrogens is 388 g/mol. The van der Waals surface area contributed by atoms with Gasteiger partial charge >= 0.3 is 0 Å². The Balaban J connectivity index is 1.66. The number of para-hydroxylation sites is 1. The molecule has 0 bridgehead atoms. The van der Waals surface area contributed by atoms with Crippen molar-refractivity contribution >= 4 is 22.5 Å². The quantitative estimate of drug-likeness (QED) is 0.476. The minimum atomic E-state index is -0.176. The van der Waals surface area contributed by atoms with Crippen LogP contribution in [-0.4, -0.2) is 16.6 Å². The lowest BCUT2D eigenvalue weighted by Crippen LogP contribution is -2.09. The molecule has 0 saturated heterocycles. The fourth-order valence-electron chi connectivity index (χ4n) is 3.05. The van der Waals surface area contributed by atoms with Crippen LogP contribution in [0, 0.1) is 0 Å². The highest BCUT2D eigenvalue weighted by Gasteiger charge is 2.11. The molecule has 1 N–H and O–H groups in total. The number of H-pyrrole nitrogens is 1. The first-order chi connectivity index (χ1) is 14.1. The summed E-state index contributed by atoms with van der Waals surface area (Å²) < 4.78 is 11.7. The zero-order valence-electron chi connectivity index (χ0n) is 15.8. The van der Waals surface area contributed by atoms with Gasteiger partial charge in [-0.2, -0.15) is 0 Å². The monoisotopic (exact) mass is 406 g/mol. The second-order valence-electron chi connectivity index (χ2n) is 6.44. The smallest absolute Gasteiger partial charge is 0.259 e. The number of hydrogen-bond acceptors (Lipinski definition) is 4. The highest BCUT2D eigenvalue weighted by molar-refractivity contribution is 6.30. The van der Waals surface area contributed by atoms with Gasteiger partial charge in [0.15, 0.2) is 11.5 Å². The van der Waals surface area contributed by atoms with Crippen molar-refractivity contribution in [1.82, 2.24) is 9.97 Å². The molecule has 4 rings (SSSR count). The lowest BCUT2D eigenvalue weighted by Gasteiger charge is -2.13. The number of nitrogens with zero attached hydrogens (tertiary/aromatic N) is 1. The van der Waals surface area contributed by atoms with Gasteiger partial charge < -0.3 is 14.5 Å². The SMILES string of the molecule is CCOc1cc(-c2nc3ccccc3c(=O)[nH]2)ccc1OCc1cccc(Cl)c1. The lowest BCUT2D eigenvalue weighted by molar-refractivity contribution is 0.269. The third-order valence-electron chi connectivity index (χ3n) is 4.41. The van der Waals surface area contributed by atoms with Crippen LogP contribution in [0.1, 0.15) is 12.5 Å². The maximum atomic E-state index is 12.4. The molecule has 0 fully saturated rings. The maximum Gasteiger partial charge on any atom is 0.259 e. The van der Waals surface area contributed by atoms with Crippen LogP contribution in [0.25, 0.3) is 22.3 Å². The van der Waals surface area contributed by atoms with Crippen molar-refractivity contribution < 1.29 is 9.47 Å². The van der Waals surface area contributed by atoms with E-state index in [2.05, 4.69) is 9.97 Å². The van der Waals surface area contributed by atoms with Gasteiger partial charge in [0.25, 0.3) is 5.56 Å². The fourth-order valence-corrected chi connectivity index (χ4v) is 3.27. The molecule has 0 aliphatic rings. The van der Waals surface area contributed by atoms with Crippen molar-refractivity contribution in [2.45, 2.75) is 13.5 Å². The number of nitrogens with one attached hydrogen (secondary N) is 1. The van der Waals surface area contributed by atoms with Gasteiger partial charge in [-0.3, -0.25) is 4.79 Å². The van der Waals surface area contributed by atoms with Gasteiger partial charge in [0.1, 0.15) is 12.4 Å². The molecule has 0 spiro atoms. The van der Waals surface area contributed by atoms with E-state index in [4.69, 9.17) is 21.1 Å². The number of fused-ring (bicyclic) bond motifs is 1. The molecule has 6 heteroatoms. The Labute approximate surface area is 172 Å². The highest BCUT2D eigenvalue weighted by atomic mass is 35.5. The van der Waals surface area contributed by atoms with E-state index < -0.39 is 0 Å². The van der Waals surface area contributed by atoms with Gasteiger partial charge in [-0.25, -0.2) is 4.98 Å². The van der Waals surface area contributed by atoms with E-state index in [9.17, 15) is 4.79 Å². The first-order valence-electron chi connectivity index (χ1n) is 9.27.